The second-order valence-electron chi connectivity index (χ2n) is 2.86. The van der Waals surface area contributed by atoms with Gasteiger partial charge < -0.3 is 16.2 Å². The molecular formula is C9H18N2O2. The predicted molar refractivity (Wildman–Crippen MR) is 52.3 cm³/mol. The second kappa shape index (κ2) is 7.61. The molecule has 0 fully saturated rings. The van der Waals surface area contributed by atoms with Crippen LogP contribution in [0.15, 0.2) is 12.2 Å². The molecule has 0 aromatic carbocycles. The maximum atomic E-state index is 10.5. The number of nitrogens with one attached hydrogen (secondary N) is 1. The van der Waals surface area contributed by atoms with Crippen molar-refractivity contribution in [2.75, 3.05) is 6.61 Å². The van der Waals surface area contributed by atoms with Crippen LogP contribution in [0, 0.1) is 0 Å². The van der Waals surface area contributed by atoms with Crippen LogP contribution in [0.4, 0.5) is 4.79 Å². The van der Waals surface area contributed by atoms with Gasteiger partial charge in [-0.15, -0.1) is 0 Å². The van der Waals surface area contributed by atoms with Gasteiger partial charge in [0.25, 0.3) is 0 Å². The van der Waals surface area contributed by atoms with E-state index in [1.54, 1.807) is 0 Å². The van der Waals surface area contributed by atoms with Crippen LogP contribution in [0.1, 0.15) is 26.2 Å². The number of aliphatic hydroxyl groups is 1. The Kier molecular flexibility index (Phi) is 7.01. The van der Waals surface area contributed by atoms with E-state index in [1.165, 1.54) is 0 Å². The van der Waals surface area contributed by atoms with E-state index in [1.807, 2.05) is 19.1 Å². The van der Waals surface area contributed by atoms with Gasteiger partial charge in [0, 0.05) is 12.6 Å². The lowest BCUT2D eigenvalue weighted by Gasteiger charge is -2.14. The Balaban J connectivity index is 3.72. The van der Waals surface area contributed by atoms with E-state index in [4.69, 9.17) is 10.8 Å². The third kappa shape index (κ3) is 7.33. The number of nitrogens with two attached hydrogens (primary N) is 1. The first kappa shape index (κ1) is 12.0. The number of allylic oxidation sites excluding steroid dienone is 2. The molecule has 0 rings (SSSR count). The molecule has 0 unspecified atom stereocenters. The summed E-state index contributed by atoms with van der Waals surface area (Å²) in [7, 11) is 0. The molecule has 1 atom stereocenters. The molecule has 0 radical (unpaired) electrons. The van der Waals surface area contributed by atoms with Crippen molar-refractivity contribution in [2.45, 2.75) is 32.2 Å². The number of aliphatic hydroxyl groups excluding tert-OH is 1. The Morgan fingerprint density at radius 3 is 2.77 bits per heavy atom. The first-order valence-corrected chi connectivity index (χ1v) is 4.48. The molecule has 13 heavy (non-hydrogen) atoms. The number of hydrogen-bond acceptors (Lipinski definition) is 2. The van der Waals surface area contributed by atoms with Crippen molar-refractivity contribution in [3.63, 3.8) is 0 Å². The van der Waals surface area contributed by atoms with Crippen molar-refractivity contribution in [3.05, 3.63) is 12.2 Å². The van der Waals surface area contributed by atoms with Crippen LogP contribution in [-0.4, -0.2) is 23.8 Å². The van der Waals surface area contributed by atoms with Gasteiger partial charge in [-0.1, -0.05) is 12.2 Å². The molecule has 4 nitrogen and oxygen atoms in total. The van der Waals surface area contributed by atoms with Crippen LogP contribution in [0.2, 0.25) is 0 Å². The van der Waals surface area contributed by atoms with E-state index in [9.17, 15) is 4.79 Å². The molecule has 2 amide bonds. The summed E-state index contributed by atoms with van der Waals surface area (Å²) in [6, 6.07) is -0.544. The third-order valence-corrected chi connectivity index (χ3v) is 1.74. The van der Waals surface area contributed by atoms with Gasteiger partial charge in [0.15, 0.2) is 0 Å². The topological polar surface area (TPSA) is 75.3 Å². The Morgan fingerprint density at radius 2 is 2.31 bits per heavy atom. The van der Waals surface area contributed by atoms with Gasteiger partial charge in [0.1, 0.15) is 0 Å². The Labute approximate surface area is 78.8 Å². The Bertz CT molecular complexity index is 169. The van der Waals surface area contributed by atoms with Crippen LogP contribution in [0.25, 0.3) is 0 Å². The van der Waals surface area contributed by atoms with Gasteiger partial charge in [-0.3, -0.25) is 0 Å². The van der Waals surface area contributed by atoms with Crippen molar-refractivity contribution in [1.29, 1.82) is 0 Å². The highest BCUT2D eigenvalue weighted by molar-refractivity contribution is 5.71. The van der Waals surface area contributed by atoms with Crippen molar-refractivity contribution in [3.8, 4) is 0 Å². The largest absolute Gasteiger partial charge is 0.396 e. The molecular weight excluding hydrogens is 168 g/mol. The van der Waals surface area contributed by atoms with E-state index in [-0.39, 0.29) is 12.6 Å². The SMILES string of the molecule is C/C=C/CC[C@@H](CCO)NC(N)=O. The molecule has 0 saturated carbocycles. The smallest absolute Gasteiger partial charge is 0.312 e. The molecule has 0 aliphatic rings. The molecule has 4 N–H and O–H groups in total. The molecule has 0 aromatic rings. The molecule has 4 heteroatoms. The molecule has 0 aromatic heterocycles. The predicted octanol–water partition coefficient (Wildman–Crippen LogP) is 0.762. The standard InChI is InChI=1S/C9H18N2O2/c1-2-3-4-5-8(6-7-12)11-9(10)13/h2-3,8,12H,4-7H2,1H3,(H3,10,11,13)/b3-2+/t8-/m0/s1. The number of primary amides is 1. The highest BCUT2D eigenvalue weighted by Crippen LogP contribution is 2.02. The van der Waals surface area contributed by atoms with E-state index in [2.05, 4.69) is 5.32 Å². The minimum atomic E-state index is -0.529. The quantitative estimate of drug-likeness (QED) is 0.536. The van der Waals surface area contributed by atoms with Crippen LogP contribution >= 0.6 is 0 Å². The van der Waals surface area contributed by atoms with Crippen molar-refractivity contribution >= 4 is 6.03 Å². The summed E-state index contributed by atoms with van der Waals surface area (Å²) in [5, 5.41) is 11.3. The van der Waals surface area contributed by atoms with Crippen molar-refractivity contribution in [2.24, 2.45) is 5.73 Å². The molecule has 0 bridgehead atoms. The Hall–Kier alpha value is -1.03. The summed E-state index contributed by atoms with van der Waals surface area (Å²) >= 11 is 0. The zero-order valence-corrected chi connectivity index (χ0v) is 7.99. The van der Waals surface area contributed by atoms with Crippen LogP contribution < -0.4 is 11.1 Å². The molecule has 0 aliphatic carbocycles. The van der Waals surface area contributed by atoms with Crippen molar-refractivity contribution < 1.29 is 9.90 Å². The maximum Gasteiger partial charge on any atom is 0.312 e. The fraction of sp³-hybridized carbons (Fsp3) is 0.667. The molecule has 76 valence electrons. The molecule has 0 aliphatic heterocycles. The number of amides is 2. The Morgan fingerprint density at radius 1 is 1.62 bits per heavy atom. The monoisotopic (exact) mass is 186 g/mol. The first-order valence-electron chi connectivity index (χ1n) is 4.48. The number of carbonyl (C=O) groups is 1. The number of hydrogen-bond donors (Lipinski definition) is 3. The lowest BCUT2D eigenvalue weighted by Crippen LogP contribution is -2.39. The fourth-order valence-corrected chi connectivity index (χ4v) is 1.11. The number of urea groups is 1. The average Bonchev–Trinajstić information content (AvgIpc) is 2.04. The van der Waals surface area contributed by atoms with Gasteiger partial charge in [0.05, 0.1) is 0 Å². The minimum absolute atomic E-state index is 0.0151. The van der Waals surface area contributed by atoms with Crippen LogP contribution in [-0.2, 0) is 0 Å². The first-order chi connectivity index (χ1) is 6.20. The highest BCUT2D eigenvalue weighted by atomic mass is 16.3. The normalized spacial score (nSPS) is 13.1. The summed E-state index contributed by atoms with van der Waals surface area (Å²) in [4.78, 5) is 10.5. The average molecular weight is 186 g/mol. The van der Waals surface area contributed by atoms with Gasteiger partial charge in [-0.25, -0.2) is 4.79 Å². The number of rotatable bonds is 6. The minimum Gasteiger partial charge on any atom is -0.396 e. The van der Waals surface area contributed by atoms with E-state index >= 15 is 0 Å². The lowest BCUT2D eigenvalue weighted by molar-refractivity contribution is 0.234. The van der Waals surface area contributed by atoms with Gasteiger partial charge in [-0.2, -0.15) is 0 Å². The summed E-state index contributed by atoms with van der Waals surface area (Å²) in [6.07, 6.45) is 6.24. The van der Waals surface area contributed by atoms with E-state index in [0.717, 1.165) is 12.8 Å². The van der Waals surface area contributed by atoms with Gasteiger partial charge >= 0.3 is 6.03 Å². The van der Waals surface area contributed by atoms with Crippen LogP contribution in [0.5, 0.6) is 0 Å². The molecule has 0 heterocycles. The van der Waals surface area contributed by atoms with Gasteiger partial charge in [0.2, 0.25) is 0 Å². The zero-order valence-electron chi connectivity index (χ0n) is 7.99. The fourth-order valence-electron chi connectivity index (χ4n) is 1.11. The number of carbonyl (C=O) groups excluding carboxylic acids is 1. The zero-order chi connectivity index (χ0) is 10.1. The highest BCUT2D eigenvalue weighted by Gasteiger charge is 2.07. The maximum absolute atomic E-state index is 10.5. The summed E-state index contributed by atoms with van der Waals surface area (Å²) in [5.41, 5.74) is 4.98. The molecule has 0 saturated heterocycles. The summed E-state index contributed by atoms with van der Waals surface area (Å²) < 4.78 is 0. The van der Waals surface area contributed by atoms with Gasteiger partial charge in [-0.05, 0) is 26.2 Å². The molecule has 0 spiro atoms. The van der Waals surface area contributed by atoms with E-state index < -0.39 is 6.03 Å². The van der Waals surface area contributed by atoms with E-state index in [0.29, 0.717) is 6.42 Å². The van der Waals surface area contributed by atoms with Crippen LogP contribution in [0.3, 0.4) is 0 Å². The summed E-state index contributed by atoms with van der Waals surface area (Å²) in [6.45, 7) is 2.02. The second-order valence-corrected chi connectivity index (χ2v) is 2.86. The summed E-state index contributed by atoms with van der Waals surface area (Å²) in [5.74, 6) is 0. The third-order valence-electron chi connectivity index (χ3n) is 1.74. The van der Waals surface area contributed by atoms with Crippen molar-refractivity contribution in [1.82, 2.24) is 5.32 Å². The lowest BCUT2D eigenvalue weighted by atomic mass is 10.1.